The standard InChI is InChI=1S/C7H11NO/c1-6(2)4-5-8-7(3)9/h4-5H,1H2,2-3H3,(H,8,9)/b5-4-. The van der Waals surface area contributed by atoms with Crippen LogP contribution in [-0.2, 0) is 4.79 Å². The molecule has 0 saturated heterocycles. The van der Waals surface area contributed by atoms with E-state index in [9.17, 15) is 4.79 Å². The van der Waals surface area contributed by atoms with Gasteiger partial charge in [-0.25, -0.2) is 0 Å². The fourth-order valence-corrected chi connectivity index (χ4v) is 0.301. The molecule has 1 amide bonds. The fourth-order valence-electron chi connectivity index (χ4n) is 0.301. The largest absolute Gasteiger partial charge is 0.333 e. The molecule has 2 heteroatoms. The Morgan fingerprint density at radius 1 is 1.56 bits per heavy atom. The summed E-state index contributed by atoms with van der Waals surface area (Å²) in [5, 5.41) is 2.50. The molecule has 0 aromatic carbocycles. The van der Waals surface area contributed by atoms with Crippen molar-refractivity contribution in [2.45, 2.75) is 13.8 Å². The average molecular weight is 125 g/mol. The van der Waals surface area contributed by atoms with Crippen LogP contribution in [0.2, 0.25) is 0 Å². The second-order valence-corrected chi connectivity index (χ2v) is 1.88. The van der Waals surface area contributed by atoms with Crippen LogP contribution in [0, 0.1) is 0 Å². The zero-order valence-electron chi connectivity index (χ0n) is 5.77. The summed E-state index contributed by atoms with van der Waals surface area (Å²) in [4.78, 5) is 10.2. The molecule has 2 nitrogen and oxygen atoms in total. The summed E-state index contributed by atoms with van der Waals surface area (Å²) in [5.74, 6) is -0.0625. The van der Waals surface area contributed by atoms with Crippen molar-refractivity contribution in [2.24, 2.45) is 0 Å². The van der Waals surface area contributed by atoms with E-state index < -0.39 is 0 Å². The molecule has 0 aliphatic heterocycles. The molecule has 9 heavy (non-hydrogen) atoms. The van der Waals surface area contributed by atoms with Crippen molar-refractivity contribution in [2.75, 3.05) is 0 Å². The Balaban J connectivity index is 3.48. The molecule has 1 N–H and O–H groups in total. The third-order valence-electron chi connectivity index (χ3n) is 0.654. The van der Waals surface area contributed by atoms with Gasteiger partial charge < -0.3 is 5.32 Å². The molecule has 0 radical (unpaired) electrons. The second-order valence-electron chi connectivity index (χ2n) is 1.88. The summed E-state index contributed by atoms with van der Waals surface area (Å²) >= 11 is 0. The number of nitrogens with one attached hydrogen (secondary N) is 1. The molecule has 0 rings (SSSR count). The van der Waals surface area contributed by atoms with Crippen LogP contribution in [0.3, 0.4) is 0 Å². The van der Waals surface area contributed by atoms with Gasteiger partial charge in [-0.2, -0.15) is 0 Å². The van der Waals surface area contributed by atoms with E-state index in [1.54, 1.807) is 12.3 Å². The van der Waals surface area contributed by atoms with Gasteiger partial charge in [0.15, 0.2) is 0 Å². The van der Waals surface area contributed by atoms with Gasteiger partial charge in [-0.3, -0.25) is 4.79 Å². The van der Waals surface area contributed by atoms with Crippen LogP contribution < -0.4 is 5.32 Å². The zero-order chi connectivity index (χ0) is 7.28. The second kappa shape index (κ2) is 3.89. The molecule has 50 valence electrons. The molecular weight excluding hydrogens is 114 g/mol. The quantitative estimate of drug-likeness (QED) is 0.552. The molecular formula is C7H11NO. The normalized spacial score (nSPS) is 9.56. The van der Waals surface area contributed by atoms with Gasteiger partial charge in [0.2, 0.25) is 5.91 Å². The Morgan fingerprint density at radius 2 is 2.11 bits per heavy atom. The molecule has 0 aliphatic rings. The van der Waals surface area contributed by atoms with E-state index in [0.29, 0.717) is 0 Å². The Hall–Kier alpha value is -1.05. The van der Waals surface area contributed by atoms with E-state index in [-0.39, 0.29) is 5.91 Å². The Bertz CT molecular complexity index is 147. The topological polar surface area (TPSA) is 29.1 Å². The third-order valence-corrected chi connectivity index (χ3v) is 0.654. The number of hydrogen-bond donors (Lipinski definition) is 1. The van der Waals surface area contributed by atoms with Gasteiger partial charge in [0.1, 0.15) is 0 Å². The van der Waals surface area contributed by atoms with Crippen molar-refractivity contribution in [3.8, 4) is 0 Å². The third kappa shape index (κ3) is 6.95. The maximum Gasteiger partial charge on any atom is 0.220 e. The van der Waals surface area contributed by atoms with Gasteiger partial charge >= 0.3 is 0 Å². The SMILES string of the molecule is C=C(C)/C=C\NC(C)=O. The smallest absolute Gasteiger partial charge is 0.220 e. The van der Waals surface area contributed by atoms with Gasteiger partial charge in [-0.15, -0.1) is 0 Å². The summed E-state index contributed by atoms with van der Waals surface area (Å²) in [6.45, 7) is 6.93. The number of carbonyl (C=O) groups excluding carboxylic acids is 1. The summed E-state index contributed by atoms with van der Waals surface area (Å²) < 4.78 is 0. The lowest BCUT2D eigenvalue weighted by atomic mass is 10.3. The maximum atomic E-state index is 10.2. The summed E-state index contributed by atoms with van der Waals surface area (Å²) in [6, 6.07) is 0. The van der Waals surface area contributed by atoms with Crippen LogP contribution in [0.5, 0.6) is 0 Å². The van der Waals surface area contributed by atoms with Gasteiger partial charge in [-0.05, 0) is 13.0 Å². The molecule has 0 aliphatic carbocycles. The molecule has 0 fully saturated rings. The van der Waals surface area contributed by atoms with Crippen LogP contribution in [-0.4, -0.2) is 5.91 Å². The molecule has 0 aromatic rings. The van der Waals surface area contributed by atoms with Crippen molar-refractivity contribution in [1.82, 2.24) is 5.32 Å². The summed E-state index contributed by atoms with van der Waals surface area (Å²) in [7, 11) is 0. The molecule has 0 unspecified atom stereocenters. The highest BCUT2D eigenvalue weighted by Crippen LogP contribution is 1.85. The highest BCUT2D eigenvalue weighted by atomic mass is 16.1. The van der Waals surface area contributed by atoms with Crippen molar-refractivity contribution in [3.05, 3.63) is 24.4 Å². The van der Waals surface area contributed by atoms with Crippen molar-refractivity contribution >= 4 is 5.91 Å². The summed E-state index contributed by atoms with van der Waals surface area (Å²) in [5.41, 5.74) is 0.920. The van der Waals surface area contributed by atoms with Crippen molar-refractivity contribution in [3.63, 3.8) is 0 Å². The van der Waals surface area contributed by atoms with Crippen molar-refractivity contribution in [1.29, 1.82) is 0 Å². The van der Waals surface area contributed by atoms with E-state index in [2.05, 4.69) is 11.9 Å². The van der Waals surface area contributed by atoms with E-state index in [1.165, 1.54) is 6.92 Å². The van der Waals surface area contributed by atoms with Crippen LogP contribution in [0.15, 0.2) is 24.4 Å². The Morgan fingerprint density at radius 3 is 2.44 bits per heavy atom. The van der Waals surface area contributed by atoms with E-state index in [1.807, 2.05) is 6.92 Å². The predicted molar refractivity (Wildman–Crippen MR) is 37.8 cm³/mol. The van der Waals surface area contributed by atoms with Crippen molar-refractivity contribution < 1.29 is 4.79 Å². The lowest BCUT2D eigenvalue weighted by molar-refractivity contribution is -0.118. The number of carbonyl (C=O) groups is 1. The lowest BCUT2D eigenvalue weighted by Gasteiger charge is -1.89. The van der Waals surface area contributed by atoms with Crippen LogP contribution >= 0.6 is 0 Å². The van der Waals surface area contributed by atoms with Gasteiger partial charge in [0.05, 0.1) is 0 Å². The molecule has 0 heterocycles. The number of allylic oxidation sites excluding steroid dienone is 2. The van der Waals surface area contributed by atoms with Crippen LogP contribution in [0.1, 0.15) is 13.8 Å². The fraction of sp³-hybridized carbons (Fsp3) is 0.286. The van der Waals surface area contributed by atoms with Crippen LogP contribution in [0.4, 0.5) is 0 Å². The monoisotopic (exact) mass is 125 g/mol. The number of hydrogen-bond acceptors (Lipinski definition) is 1. The minimum atomic E-state index is -0.0625. The van der Waals surface area contributed by atoms with Crippen LogP contribution in [0.25, 0.3) is 0 Å². The first-order chi connectivity index (χ1) is 4.13. The molecule has 0 spiro atoms. The molecule has 0 bridgehead atoms. The lowest BCUT2D eigenvalue weighted by Crippen LogP contribution is -2.11. The molecule has 0 atom stereocenters. The van der Waals surface area contributed by atoms with E-state index >= 15 is 0 Å². The first-order valence-corrected chi connectivity index (χ1v) is 2.72. The number of rotatable bonds is 2. The average Bonchev–Trinajstić information content (AvgIpc) is 1.63. The maximum absolute atomic E-state index is 10.2. The molecule has 0 aromatic heterocycles. The first kappa shape index (κ1) is 7.95. The van der Waals surface area contributed by atoms with Gasteiger partial charge in [0.25, 0.3) is 0 Å². The minimum Gasteiger partial charge on any atom is -0.333 e. The van der Waals surface area contributed by atoms with E-state index in [4.69, 9.17) is 0 Å². The summed E-state index contributed by atoms with van der Waals surface area (Å²) in [6.07, 6.45) is 3.31. The zero-order valence-corrected chi connectivity index (χ0v) is 5.77. The highest BCUT2D eigenvalue weighted by Gasteiger charge is 1.80. The van der Waals surface area contributed by atoms with Gasteiger partial charge in [0, 0.05) is 13.1 Å². The Labute approximate surface area is 55.3 Å². The Kier molecular flexibility index (Phi) is 3.44. The van der Waals surface area contributed by atoms with E-state index in [0.717, 1.165) is 5.57 Å². The first-order valence-electron chi connectivity index (χ1n) is 2.72. The predicted octanol–water partition coefficient (Wildman–Crippen LogP) is 1.21. The molecule has 0 saturated carbocycles. The highest BCUT2D eigenvalue weighted by molar-refractivity contribution is 5.73. The number of amides is 1. The van der Waals surface area contributed by atoms with Gasteiger partial charge in [-0.1, -0.05) is 12.2 Å². The minimum absolute atomic E-state index is 0.0625.